The first-order valence-electron chi connectivity index (χ1n) is 5.51. The van der Waals surface area contributed by atoms with Gasteiger partial charge in [0.1, 0.15) is 6.54 Å². The highest BCUT2D eigenvalue weighted by Crippen LogP contribution is 2.20. The normalized spacial score (nSPS) is 12.6. The Balaban J connectivity index is 2.35. The number of aromatic nitrogens is 2. The van der Waals surface area contributed by atoms with Crippen molar-refractivity contribution in [3.8, 4) is 11.3 Å². The van der Waals surface area contributed by atoms with Gasteiger partial charge in [-0.15, -0.1) is 0 Å². The van der Waals surface area contributed by atoms with Gasteiger partial charge in [-0.1, -0.05) is 12.1 Å². The molecule has 21 heavy (non-hydrogen) atoms. The molecule has 1 heterocycles. The maximum Gasteiger partial charge on any atom is 0.408 e. The van der Waals surface area contributed by atoms with Gasteiger partial charge < -0.3 is 0 Å². The molecule has 6 nitrogen and oxygen atoms in total. The molecule has 2 rings (SSSR count). The van der Waals surface area contributed by atoms with E-state index in [9.17, 15) is 26.4 Å². The first-order chi connectivity index (χ1) is 9.56. The third kappa shape index (κ3) is 3.73. The van der Waals surface area contributed by atoms with Crippen LogP contribution in [0.3, 0.4) is 0 Å². The second-order valence-corrected chi connectivity index (χ2v) is 5.63. The highest BCUT2D eigenvalue weighted by Gasteiger charge is 2.29. The summed E-state index contributed by atoms with van der Waals surface area (Å²) in [5.41, 5.74) is -0.451. The van der Waals surface area contributed by atoms with Crippen LogP contribution in [0.1, 0.15) is 0 Å². The zero-order valence-electron chi connectivity index (χ0n) is 10.3. The van der Waals surface area contributed by atoms with Crippen LogP contribution in [0.25, 0.3) is 11.3 Å². The zero-order valence-corrected chi connectivity index (χ0v) is 11.1. The van der Waals surface area contributed by atoms with Gasteiger partial charge in [-0.2, -0.15) is 21.6 Å². The molecule has 0 amide bonds. The van der Waals surface area contributed by atoms with Crippen molar-refractivity contribution in [2.75, 3.05) is 0 Å². The fraction of sp³-hybridized carbons (Fsp3) is 0.182. The molecule has 0 aliphatic rings. The maximum absolute atomic E-state index is 12.2. The van der Waals surface area contributed by atoms with Gasteiger partial charge in [-0.05, 0) is 17.7 Å². The minimum absolute atomic E-state index is 0.103. The van der Waals surface area contributed by atoms with Gasteiger partial charge in [0.15, 0.2) is 0 Å². The molecular weight excluding hydrogens is 313 g/mol. The fourth-order valence-electron chi connectivity index (χ4n) is 1.69. The van der Waals surface area contributed by atoms with Gasteiger partial charge in [-0.25, -0.2) is 4.68 Å². The van der Waals surface area contributed by atoms with Gasteiger partial charge in [0.2, 0.25) is 0 Å². The molecule has 0 aliphatic heterocycles. The van der Waals surface area contributed by atoms with E-state index in [1.165, 1.54) is 12.1 Å². The summed E-state index contributed by atoms with van der Waals surface area (Å²) in [5, 5.41) is 2.28. The van der Waals surface area contributed by atoms with E-state index in [2.05, 4.69) is 5.10 Å². The van der Waals surface area contributed by atoms with Crippen LogP contribution in [0, 0.1) is 0 Å². The predicted molar refractivity (Wildman–Crippen MR) is 66.4 cm³/mol. The summed E-state index contributed by atoms with van der Waals surface area (Å²) in [4.78, 5) is 11.1. The first kappa shape index (κ1) is 15.3. The second kappa shape index (κ2) is 5.04. The highest BCUT2D eigenvalue weighted by molar-refractivity contribution is 7.85. The Morgan fingerprint density at radius 1 is 1.19 bits per heavy atom. The van der Waals surface area contributed by atoms with Crippen molar-refractivity contribution in [1.82, 2.24) is 9.78 Å². The molecule has 1 aromatic carbocycles. The largest absolute Gasteiger partial charge is 0.408 e. The Bertz CT molecular complexity index is 803. The highest BCUT2D eigenvalue weighted by atomic mass is 32.2. The SMILES string of the molecule is O=c1cc(-c2ccc(S(=O)(=O)O)cc2)[nH]n1CC(F)(F)F. The molecule has 0 fully saturated rings. The van der Waals surface area contributed by atoms with Crippen LogP contribution in [0.4, 0.5) is 13.2 Å². The van der Waals surface area contributed by atoms with Crippen LogP contribution in [0.2, 0.25) is 0 Å². The quantitative estimate of drug-likeness (QED) is 0.841. The van der Waals surface area contributed by atoms with Crippen LogP contribution in [0.15, 0.2) is 40.0 Å². The molecule has 0 saturated heterocycles. The zero-order chi connectivity index (χ0) is 15.8. The third-order valence-corrected chi connectivity index (χ3v) is 3.46. The number of hydrogen-bond donors (Lipinski definition) is 2. The third-order valence-electron chi connectivity index (χ3n) is 2.59. The Kier molecular flexibility index (Phi) is 3.68. The van der Waals surface area contributed by atoms with Crippen LogP contribution >= 0.6 is 0 Å². The molecule has 0 saturated carbocycles. The average Bonchev–Trinajstić information content (AvgIpc) is 2.68. The molecule has 0 atom stereocenters. The number of rotatable bonds is 3. The van der Waals surface area contributed by atoms with Gasteiger partial charge in [-0.3, -0.25) is 14.4 Å². The lowest BCUT2D eigenvalue weighted by atomic mass is 10.2. The molecule has 2 N–H and O–H groups in total. The summed E-state index contributed by atoms with van der Waals surface area (Å²) in [6.07, 6.45) is -4.54. The number of H-pyrrole nitrogens is 1. The minimum atomic E-state index is -4.54. The van der Waals surface area contributed by atoms with E-state index in [0.29, 0.717) is 10.2 Å². The monoisotopic (exact) mass is 322 g/mol. The molecule has 0 bridgehead atoms. The van der Waals surface area contributed by atoms with Crippen LogP contribution in [-0.4, -0.2) is 28.9 Å². The number of hydrogen-bond acceptors (Lipinski definition) is 3. The Labute approximate surface area is 116 Å². The topological polar surface area (TPSA) is 92.2 Å². The summed E-state index contributed by atoms with van der Waals surface area (Å²) >= 11 is 0. The fourth-order valence-corrected chi connectivity index (χ4v) is 2.17. The van der Waals surface area contributed by atoms with Crippen molar-refractivity contribution in [3.63, 3.8) is 0 Å². The van der Waals surface area contributed by atoms with Gasteiger partial charge >= 0.3 is 6.18 Å². The molecule has 10 heteroatoms. The number of halogens is 3. The number of alkyl halides is 3. The van der Waals surface area contributed by atoms with Crippen molar-refractivity contribution < 1.29 is 26.1 Å². The molecule has 1 aromatic heterocycles. The molecule has 0 unspecified atom stereocenters. The van der Waals surface area contributed by atoms with Crippen molar-refractivity contribution in [2.24, 2.45) is 0 Å². The lowest BCUT2D eigenvalue weighted by Gasteiger charge is -2.06. The lowest BCUT2D eigenvalue weighted by molar-refractivity contribution is -0.143. The van der Waals surface area contributed by atoms with E-state index in [-0.39, 0.29) is 10.6 Å². The van der Waals surface area contributed by atoms with Crippen molar-refractivity contribution >= 4 is 10.1 Å². The molecule has 0 spiro atoms. The average molecular weight is 322 g/mol. The van der Waals surface area contributed by atoms with Gasteiger partial charge in [0.25, 0.3) is 15.7 Å². The van der Waals surface area contributed by atoms with Crippen molar-refractivity contribution in [2.45, 2.75) is 17.6 Å². The van der Waals surface area contributed by atoms with Crippen LogP contribution < -0.4 is 5.56 Å². The van der Waals surface area contributed by atoms with Gasteiger partial charge in [0.05, 0.1) is 10.6 Å². The van der Waals surface area contributed by atoms with E-state index in [1.54, 1.807) is 0 Å². The summed E-state index contributed by atoms with van der Waals surface area (Å²) in [5.74, 6) is 0. The minimum Gasteiger partial charge on any atom is -0.295 e. The summed E-state index contributed by atoms with van der Waals surface area (Å²) in [6, 6.07) is 5.63. The Morgan fingerprint density at radius 3 is 2.24 bits per heavy atom. The standard InChI is InChI=1S/C11H9F3N2O4S/c12-11(13,14)6-16-10(17)5-9(15-16)7-1-3-8(4-2-7)21(18,19)20/h1-5,15H,6H2,(H,18,19,20). The van der Waals surface area contributed by atoms with Crippen molar-refractivity contribution in [3.05, 3.63) is 40.7 Å². The molecule has 2 aromatic rings. The summed E-state index contributed by atoms with van der Waals surface area (Å²) in [6.45, 7) is -1.45. The molecule has 0 aliphatic carbocycles. The summed E-state index contributed by atoms with van der Waals surface area (Å²) < 4.78 is 67.7. The van der Waals surface area contributed by atoms with E-state index in [1.807, 2.05) is 0 Å². The number of nitrogens with zero attached hydrogens (tertiary/aromatic N) is 1. The number of aromatic amines is 1. The second-order valence-electron chi connectivity index (χ2n) is 4.21. The Hall–Kier alpha value is -2.07. The molecule has 0 radical (unpaired) electrons. The number of nitrogens with one attached hydrogen (secondary N) is 1. The summed E-state index contributed by atoms with van der Waals surface area (Å²) in [7, 11) is -4.35. The van der Waals surface area contributed by atoms with E-state index in [4.69, 9.17) is 4.55 Å². The van der Waals surface area contributed by atoms with E-state index >= 15 is 0 Å². The lowest BCUT2D eigenvalue weighted by Crippen LogP contribution is -2.26. The smallest absolute Gasteiger partial charge is 0.295 e. The Morgan fingerprint density at radius 2 is 1.76 bits per heavy atom. The van der Waals surface area contributed by atoms with Gasteiger partial charge in [0, 0.05) is 6.07 Å². The van der Waals surface area contributed by atoms with Crippen molar-refractivity contribution in [1.29, 1.82) is 0 Å². The van der Waals surface area contributed by atoms with Crippen LogP contribution in [0.5, 0.6) is 0 Å². The van der Waals surface area contributed by atoms with E-state index in [0.717, 1.165) is 18.2 Å². The predicted octanol–water partition coefficient (Wildman–Crippen LogP) is 1.65. The first-order valence-corrected chi connectivity index (χ1v) is 6.95. The molecular formula is C11H9F3N2O4S. The van der Waals surface area contributed by atoms with E-state index < -0.39 is 28.4 Å². The van der Waals surface area contributed by atoms with Crippen LogP contribution in [-0.2, 0) is 16.7 Å². The molecule has 114 valence electrons. The number of benzene rings is 1. The maximum atomic E-state index is 12.2.